The molecule has 0 aromatic carbocycles. The Morgan fingerprint density at radius 3 is 2.25 bits per heavy atom. The van der Waals surface area contributed by atoms with Crippen molar-refractivity contribution in [1.29, 1.82) is 0 Å². The van der Waals surface area contributed by atoms with Gasteiger partial charge in [0.25, 0.3) is 0 Å². The Kier molecular flexibility index (Phi) is 4.15. The molecule has 114 valence electrons. The first-order chi connectivity index (χ1) is 8.99. The van der Waals surface area contributed by atoms with Gasteiger partial charge < -0.3 is 21.1 Å². The van der Waals surface area contributed by atoms with Crippen LogP contribution < -0.4 is 11.1 Å². The first-order valence-electron chi connectivity index (χ1n) is 5.65. The zero-order chi connectivity index (χ0) is 15.7. The number of carbonyl (C=O) groups is 3. The highest BCUT2D eigenvalue weighted by molar-refractivity contribution is 5.87. The second-order valence-corrected chi connectivity index (χ2v) is 4.69. The molecule has 0 radical (unpaired) electrons. The number of nitrogens with one attached hydrogen (secondary N) is 1. The number of halogens is 3. The monoisotopic (exact) mass is 297 g/mol. The van der Waals surface area contributed by atoms with Crippen molar-refractivity contribution >= 4 is 17.9 Å². The predicted octanol–water partition coefficient (Wildman–Crippen LogP) is -0.0912. The Bertz CT molecular complexity index is 440. The molecule has 0 aliphatic carbocycles. The zero-order valence-electron chi connectivity index (χ0n) is 10.5. The van der Waals surface area contributed by atoms with Gasteiger partial charge in [0, 0.05) is 13.1 Å². The van der Waals surface area contributed by atoms with E-state index in [1.807, 2.05) is 0 Å². The van der Waals surface area contributed by atoms with Crippen LogP contribution >= 0.6 is 0 Å². The fourth-order valence-electron chi connectivity index (χ4n) is 1.72. The summed E-state index contributed by atoms with van der Waals surface area (Å²) in [6.45, 7) is 0.261. The lowest BCUT2D eigenvalue weighted by atomic mass is 10.0. The van der Waals surface area contributed by atoms with Gasteiger partial charge in [-0.05, 0) is 13.3 Å². The standard InChI is InChI=1S/C10H14F3N3O4/c1-9(7(18)19,10(11,12)13)15-8(20)16-3-2-5(4-16)6(14)17/h5H,2-4H2,1H3,(H2,14,17)(H,15,20)(H,18,19). The van der Waals surface area contributed by atoms with Crippen molar-refractivity contribution in [2.24, 2.45) is 11.7 Å². The summed E-state index contributed by atoms with van der Waals surface area (Å²) in [6.07, 6.45) is -4.92. The smallest absolute Gasteiger partial charge is 0.422 e. The fourth-order valence-corrected chi connectivity index (χ4v) is 1.72. The summed E-state index contributed by atoms with van der Waals surface area (Å²) in [5.41, 5.74) is 1.64. The number of carboxylic acid groups (broad SMARTS) is 1. The van der Waals surface area contributed by atoms with E-state index in [1.54, 1.807) is 0 Å². The topological polar surface area (TPSA) is 113 Å². The molecule has 10 heteroatoms. The van der Waals surface area contributed by atoms with Crippen LogP contribution in [-0.4, -0.2) is 52.7 Å². The van der Waals surface area contributed by atoms with Crippen LogP contribution in [0.25, 0.3) is 0 Å². The molecule has 20 heavy (non-hydrogen) atoms. The molecule has 1 rings (SSSR count). The number of carbonyl (C=O) groups excluding carboxylic acids is 2. The molecule has 4 N–H and O–H groups in total. The molecule has 1 fully saturated rings. The van der Waals surface area contributed by atoms with Crippen LogP contribution in [-0.2, 0) is 9.59 Å². The number of likely N-dealkylation sites (tertiary alicyclic amines) is 1. The van der Waals surface area contributed by atoms with E-state index in [0.717, 1.165) is 4.90 Å². The molecular weight excluding hydrogens is 283 g/mol. The Balaban J connectivity index is 2.79. The lowest BCUT2D eigenvalue weighted by Crippen LogP contribution is -2.63. The number of rotatable bonds is 3. The molecule has 2 atom stereocenters. The van der Waals surface area contributed by atoms with Gasteiger partial charge in [-0.25, -0.2) is 9.59 Å². The van der Waals surface area contributed by atoms with Gasteiger partial charge in [-0.2, -0.15) is 13.2 Å². The van der Waals surface area contributed by atoms with Crippen molar-refractivity contribution in [3.8, 4) is 0 Å². The Morgan fingerprint density at radius 2 is 1.90 bits per heavy atom. The average Bonchev–Trinajstić information content (AvgIpc) is 2.76. The van der Waals surface area contributed by atoms with Crippen molar-refractivity contribution < 1.29 is 32.7 Å². The molecule has 1 aliphatic rings. The van der Waals surface area contributed by atoms with E-state index >= 15 is 0 Å². The molecule has 0 bridgehead atoms. The van der Waals surface area contributed by atoms with E-state index in [4.69, 9.17) is 10.8 Å². The summed E-state index contributed by atoms with van der Waals surface area (Å²) in [5, 5.41) is 10.1. The van der Waals surface area contributed by atoms with Crippen LogP contribution in [0.15, 0.2) is 0 Å². The lowest BCUT2D eigenvalue weighted by molar-refractivity contribution is -0.203. The van der Waals surface area contributed by atoms with Crippen molar-refractivity contribution in [2.45, 2.75) is 25.1 Å². The fraction of sp³-hybridized carbons (Fsp3) is 0.700. The van der Waals surface area contributed by atoms with Gasteiger partial charge in [0.1, 0.15) is 0 Å². The number of aliphatic carboxylic acids is 1. The summed E-state index contributed by atoms with van der Waals surface area (Å²) in [7, 11) is 0. The molecule has 0 spiro atoms. The highest BCUT2D eigenvalue weighted by Crippen LogP contribution is 2.31. The highest BCUT2D eigenvalue weighted by atomic mass is 19.4. The number of primary amides is 1. The summed E-state index contributed by atoms with van der Waals surface area (Å²) in [4.78, 5) is 34.3. The van der Waals surface area contributed by atoms with Gasteiger partial charge in [0.2, 0.25) is 11.4 Å². The van der Waals surface area contributed by atoms with Crippen molar-refractivity contribution in [3.63, 3.8) is 0 Å². The van der Waals surface area contributed by atoms with E-state index in [2.05, 4.69) is 0 Å². The van der Waals surface area contributed by atoms with Gasteiger partial charge in [-0.15, -0.1) is 0 Å². The second-order valence-electron chi connectivity index (χ2n) is 4.69. The Labute approximate surface area is 111 Å². The lowest BCUT2D eigenvalue weighted by Gasteiger charge is -2.30. The molecule has 0 aromatic rings. The number of hydrogen-bond donors (Lipinski definition) is 3. The number of nitrogens with two attached hydrogens (primary N) is 1. The molecule has 0 aromatic heterocycles. The molecule has 2 unspecified atom stereocenters. The minimum atomic E-state index is -5.16. The van der Waals surface area contributed by atoms with Gasteiger partial charge in [0.15, 0.2) is 0 Å². The number of hydrogen-bond acceptors (Lipinski definition) is 3. The first-order valence-corrected chi connectivity index (χ1v) is 5.65. The second kappa shape index (κ2) is 5.17. The maximum Gasteiger partial charge on any atom is 0.422 e. The molecule has 0 saturated carbocycles. The van der Waals surface area contributed by atoms with Gasteiger partial charge in [-0.1, -0.05) is 0 Å². The quantitative estimate of drug-likeness (QED) is 0.675. The number of nitrogens with zero attached hydrogens (tertiary/aromatic N) is 1. The van der Waals surface area contributed by atoms with Crippen molar-refractivity contribution in [1.82, 2.24) is 10.2 Å². The van der Waals surface area contributed by atoms with Crippen molar-refractivity contribution in [3.05, 3.63) is 0 Å². The Hall–Kier alpha value is -2.00. The van der Waals surface area contributed by atoms with E-state index in [0.29, 0.717) is 6.92 Å². The molecular formula is C10H14F3N3O4. The summed E-state index contributed by atoms with van der Waals surface area (Å²) in [6, 6.07) is -1.20. The van der Waals surface area contributed by atoms with Crippen LogP contribution in [0.1, 0.15) is 13.3 Å². The SMILES string of the molecule is CC(NC(=O)N1CCC(C(N)=O)C1)(C(=O)O)C(F)(F)F. The summed E-state index contributed by atoms with van der Waals surface area (Å²) in [5.74, 6) is -3.51. The molecule has 1 heterocycles. The maximum atomic E-state index is 12.7. The Morgan fingerprint density at radius 1 is 1.35 bits per heavy atom. The number of urea groups is 1. The van der Waals surface area contributed by atoms with Gasteiger partial charge in [-0.3, -0.25) is 4.79 Å². The van der Waals surface area contributed by atoms with E-state index in [9.17, 15) is 27.6 Å². The summed E-state index contributed by atoms with van der Waals surface area (Å²) < 4.78 is 38.2. The average molecular weight is 297 g/mol. The summed E-state index contributed by atoms with van der Waals surface area (Å²) >= 11 is 0. The number of alkyl halides is 3. The third kappa shape index (κ3) is 2.94. The molecule has 1 saturated heterocycles. The van der Waals surface area contributed by atoms with E-state index in [-0.39, 0.29) is 19.5 Å². The number of amides is 3. The number of carboxylic acids is 1. The van der Waals surface area contributed by atoms with Crippen LogP contribution in [0.2, 0.25) is 0 Å². The van der Waals surface area contributed by atoms with Gasteiger partial charge >= 0.3 is 18.2 Å². The molecule has 3 amide bonds. The molecule has 1 aliphatic heterocycles. The molecule has 7 nitrogen and oxygen atoms in total. The van der Waals surface area contributed by atoms with Crippen molar-refractivity contribution in [2.75, 3.05) is 13.1 Å². The normalized spacial score (nSPS) is 22.2. The largest absolute Gasteiger partial charge is 0.479 e. The zero-order valence-corrected chi connectivity index (χ0v) is 10.5. The minimum absolute atomic E-state index is 0.0347. The van der Waals surface area contributed by atoms with E-state index in [1.165, 1.54) is 5.32 Å². The van der Waals surface area contributed by atoms with Crippen LogP contribution in [0.4, 0.5) is 18.0 Å². The maximum absolute atomic E-state index is 12.7. The van der Waals surface area contributed by atoms with Gasteiger partial charge in [0.05, 0.1) is 5.92 Å². The first kappa shape index (κ1) is 16.1. The van der Waals surface area contributed by atoms with Crippen LogP contribution in [0.5, 0.6) is 0 Å². The highest BCUT2D eigenvalue weighted by Gasteiger charge is 2.59. The third-order valence-corrected chi connectivity index (χ3v) is 3.23. The predicted molar refractivity (Wildman–Crippen MR) is 59.5 cm³/mol. The third-order valence-electron chi connectivity index (χ3n) is 3.23. The van der Waals surface area contributed by atoms with Crippen LogP contribution in [0, 0.1) is 5.92 Å². The minimum Gasteiger partial charge on any atom is -0.479 e. The van der Waals surface area contributed by atoms with Crippen LogP contribution in [0.3, 0.4) is 0 Å². The van der Waals surface area contributed by atoms with E-state index < -0.39 is 35.5 Å².